The van der Waals surface area contributed by atoms with Gasteiger partial charge in [0.1, 0.15) is 6.54 Å². The number of carboxylic acids is 1. The van der Waals surface area contributed by atoms with Gasteiger partial charge in [0.15, 0.2) is 0 Å². The lowest BCUT2D eigenvalue weighted by Gasteiger charge is -2.21. The Morgan fingerprint density at radius 2 is 1.63 bits per heavy atom. The number of amides is 3. The first-order chi connectivity index (χ1) is 8.41. The van der Waals surface area contributed by atoms with Gasteiger partial charge in [0.05, 0.1) is 6.42 Å². The summed E-state index contributed by atoms with van der Waals surface area (Å²) in [6.45, 7) is 1.44. The first-order valence-corrected chi connectivity index (χ1v) is 5.27. The summed E-state index contributed by atoms with van der Waals surface area (Å²) in [4.78, 5) is 32.8. The van der Waals surface area contributed by atoms with Crippen LogP contribution in [-0.4, -0.2) is 35.7 Å². The molecule has 0 aromatic heterocycles. The molecule has 0 aromatic carbocycles. The van der Waals surface area contributed by atoms with E-state index < -0.39 is 36.0 Å². The Morgan fingerprint density at radius 3 is 2.05 bits per heavy atom. The minimum Gasteiger partial charge on any atom is -0.481 e. The first kappa shape index (κ1) is 17.2. The number of imide groups is 1. The van der Waals surface area contributed by atoms with Crippen LogP contribution in [0.4, 0.5) is 18.0 Å². The maximum Gasteiger partial charge on any atom is 0.405 e. The molecule has 0 radical (unpaired) electrons. The number of aliphatic carboxylic acids is 1. The average Bonchev–Trinajstić information content (AvgIpc) is 2.09. The molecule has 0 saturated carbocycles. The topological polar surface area (TPSA) is 95.5 Å². The highest BCUT2D eigenvalue weighted by atomic mass is 19.4. The number of urea groups is 1. The molecule has 0 atom stereocenters. The lowest BCUT2D eigenvalue weighted by atomic mass is 9.85. The number of hydrogen-bond acceptors (Lipinski definition) is 3. The smallest absolute Gasteiger partial charge is 0.405 e. The summed E-state index contributed by atoms with van der Waals surface area (Å²) in [5.74, 6) is -1.95. The van der Waals surface area contributed by atoms with Gasteiger partial charge in [-0.2, -0.15) is 13.2 Å². The van der Waals surface area contributed by atoms with Crippen LogP contribution in [0.5, 0.6) is 0 Å². The van der Waals surface area contributed by atoms with Crippen molar-refractivity contribution >= 4 is 17.9 Å². The molecule has 0 bridgehead atoms. The molecule has 0 aliphatic carbocycles. The number of carbonyl (C=O) groups is 3. The largest absolute Gasteiger partial charge is 0.481 e. The standard InChI is InChI=1S/C10H15F3N2O4/c1-9(2,4-7(17)18)3-6(16)15-8(19)14-5-10(11,12)13/h3-5H2,1-2H3,(H,17,18)(H2,14,15,16,19). The zero-order valence-electron chi connectivity index (χ0n) is 10.4. The Kier molecular flexibility index (Phi) is 5.79. The summed E-state index contributed by atoms with van der Waals surface area (Å²) in [5, 5.41) is 11.7. The van der Waals surface area contributed by atoms with Crippen LogP contribution in [0.2, 0.25) is 0 Å². The molecule has 0 spiro atoms. The quantitative estimate of drug-likeness (QED) is 0.708. The van der Waals surface area contributed by atoms with Gasteiger partial charge in [0.2, 0.25) is 5.91 Å². The fourth-order valence-electron chi connectivity index (χ4n) is 1.30. The summed E-state index contributed by atoms with van der Waals surface area (Å²) in [5.41, 5.74) is -0.903. The SMILES string of the molecule is CC(C)(CC(=O)O)CC(=O)NC(=O)NCC(F)(F)F. The van der Waals surface area contributed by atoms with E-state index in [0.717, 1.165) is 0 Å². The van der Waals surface area contributed by atoms with Crippen LogP contribution in [0, 0.1) is 5.41 Å². The van der Waals surface area contributed by atoms with E-state index in [2.05, 4.69) is 0 Å². The Hall–Kier alpha value is -1.80. The number of rotatable bonds is 5. The summed E-state index contributed by atoms with van der Waals surface area (Å²) in [7, 11) is 0. The van der Waals surface area contributed by atoms with Crippen molar-refractivity contribution in [2.45, 2.75) is 32.9 Å². The van der Waals surface area contributed by atoms with E-state index in [0.29, 0.717) is 0 Å². The third-order valence-electron chi connectivity index (χ3n) is 1.97. The molecule has 0 aromatic rings. The molecule has 9 heteroatoms. The van der Waals surface area contributed by atoms with Gasteiger partial charge in [0, 0.05) is 6.42 Å². The molecule has 0 aliphatic rings. The van der Waals surface area contributed by atoms with Crippen molar-refractivity contribution in [2.24, 2.45) is 5.41 Å². The number of halogens is 3. The van der Waals surface area contributed by atoms with Gasteiger partial charge in [-0.25, -0.2) is 4.79 Å². The van der Waals surface area contributed by atoms with E-state index in [-0.39, 0.29) is 12.8 Å². The van der Waals surface area contributed by atoms with Crippen LogP contribution in [-0.2, 0) is 9.59 Å². The van der Waals surface area contributed by atoms with Crippen molar-refractivity contribution in [3.8, 4) is 0 Å². The zero-order chi connectivity index (χ0) is 15.3. The normalized spacial score (nSPS) is 11.8. The van der Waals surface area contributed by atoms with Gasteiger partial charge in [-0.3, -0.25) is 14.9 Å². The second-order valence-electron chi connectivity index (χ2n) is 4.76. The summed E-state index contributed by atoms with van der Waals surface area (Å²) in [6, 6.07) is -1.27. The first-order valence-electron chi connectivity index (χ1n) is 5.27. The van der Waals surface area contributed by atoms with Gasteiger partial charge in [-0.15, -0.1) is 0 Å². The summed E-state index contributed by atoms with van der Waals surface area (Å²) < 4.78 is 35.3. The lowest BCUT2D eigenvalue weighted by Crippen LogP contribution is -2.44. The van der Waals surface area contributed by atoms with Crippen LogP contribution < -0.4 is 10.6 Å². The molecule has 0 aliphatic heterocycles. The minimum atomic E-state index is -4.57. The van der Waals surface area contributed by atoms with Gasteiger partial charge in [-0.05, 0) is 5.41 Å². The van der Waals surface area contributed by atoms with Crippen molar-refractivity contribution in [3.05, 3.63) is 0 Å². The Balaban J connectivity index is 4.17. The number of hydrogen-bond donors (Lipinski definition) is 3. The molecule has 110 valence electrons. The maximum atomic E-state index is 11.8. The molecular weight excluding hydrogens is 269 g/mol. The predicted molar refractivity (Wildman–Crippen MR) is 58.2 cm³/mol. The van der Waals surface area contributed by atoms with Gasteiger partial charge >= 0.3 is 18.2 Å². The number of alkyl halides is 3. The Bertz CT molecular complexity index is 366. The Morgan fingerprint density at radius 1 is 1.11 bits per heavy atom. The molecule has 0 unspecified atom stereocenters. The monoisotopic (exact) mass is 284 g/mol. The van der Waals surface area contributed by atoms with Gasteiger partial charge in [-0.1, -0.05) is 13.8 Å². The van der Waals surface area contributed by atoms with Crippen molar-refractivity contribution < 1.29 is 32.7 Å². The average molecular weight is 284 g/mol. The fourth-order valence-corrected chi connectivity index (χ4v) is 1.30. The van der Waals surface area contributed by atoms with Crippen LogP contribution in [0.3, 0.4) is 0 Å². The molecule has 19 heavy (non-hydrogen) atoms. The highest BCUT2D eigenvalue weighted by Crippen LogP contribution is 2.24. The van der Waals surface area contributed by atoms with Gasteiger partial charge in [0.25, 0.3) is 0 Å². The highest BCUT2D eigenvalue weighted by Gasteiger charge is 2.29. The van der Waals surface area contributed by atoms with Crippen molar-refractivity contribution in [1.29, 1.82) is 0 Å². The molecule has 6 nitrogen and oxygen atoms in total. The Labute approximate surface area is 107 Å². The van der Waals surface area contributed by atoms with Crippen molar-refractivity contribution in [3.63, 3.8) is 0 Å². The van der Waals surface area contributed by atoms with Crippen molar-refractivity contribution in [2.75, 3.05) is 6.54 Å². The van der Waals surface area contributed by atoms with Crippen LogP contribution >= 0.6 is 0 Å². The molecule has 0 rings (SSSR count). The van der Waals surface area contributed by atoms with Crippen LogP contribution in [0.1, 0.15) is 26.7 Å². The van der Waals surface area contributed by atoms with E-state index >= 15 is 0 Å². The number of carbonyl (C=O) groups excluding carboxylic acids is 2. The minimum absolute atomic E-state index is 0.293. The third kappa shape index (κ3) is 9.86. The highest BCUT2D eigenvalue weighted by molar-refractivity contribution is 5.94. The van der Waals surface area contributed by atoms with E-state index in [4.69, 9.17) is 5.11 Å². The van der Waals surface area contributed by atoms with Gasteiger partial charge < -0.3 is 10.4 Å². The fraction of sp³-hybridized carbons (Fsp3) is 0.700. The van der Waals surface area contributed by atoms with Crippen LogP contribution in [0.25, 0.3) is 0 Å². The molecule has 0 fully saturated rings. The van der Waals surface area contributed by atoms with Crippen LogP contribution in [0.15, 0.2) is 0 Å². The van der Waals surface area contributed by atoms with E-state index in [1.54, 1.807) is 5.32 Å². The third-order valence-corrected chi connectivity index (χ3v) is 1.97. The zero-order valence-corrected chi connectivity index (χ0v) is 10.4. The van der Waals surface area contributed by atoms with E-state index in [1.165, 1.54) is 19.2 Å². The molecule has 0 heterocycles. The molecule has 0 saturated heterocycles. The van der Waals surface area contributed by atoms with Crippen molar-refractivity contribution in [1.82, 2.24) is 10.6 Å². The maximum absolute atomic E-state index is 11.8. The summed E-state index contributed by atoms with van der Waals surface area (Å²) in [6.07, 6.45) is -5.16. The number of nitrogens with one attached hydrogen (secondary N) is 2. The van der Waals surface area contributed by atoms with E-state index in [9.17, 15) is 27.6 Å². The second kappa shape index (κ2) is 6.39. The van der Waals surface area contributed by atoms with E-state index in [1.807, 2.05) is 0 Å². The molecule has 3 N–H and O–H groups in total. The second-order valence-corrected chi connectivity index (χ2v) is 4.76. The predicted octanol–water partition coefficient (Wildman–Crippen LogP) is 1.27. The molecular formula is C10H15F3N2O4. The lowest BCUT2D eigenvalue weighted by molar-refractivity contribution is -0.139. The molecule has 3 amide bonds. The summed E-state index contributed by atoms with van der Waals surface area (Å²) >= 11 is 0. The number of carboxylic acid groups (broad SMARTS) is 1.